The molecule has 0 aliphatic carbocycles. The van der Waals surface area contributed by atoms with Crippen molar-refractivity contribution in [3.05, 3.63) is 41.5 Å². The van der Waals surface area contributed by atoms with E-state index in [0.29, 0.717) is 29.7 Å². The Bertz CT molecular complexity index is 900. The summed E-state index contributed by atoms with van der Waals surface area (Å²) in [4.78, 5) is 0. The molecule has 0 bridgehead atoms. The van der Waals surface area contributed by atoms with E-state index in [1.54, 1.807) is 6.07 Å². The van der Waals surface area contributed by atoms with Gasteiger partial charge in [-0.25, -0.2) is 0 Å². The molecule has 0 aromatic heterocycles. The fourth-order valence-corrected chi connectivity index (χ4v) is 3.53. The van der Waals surface area contributed by atoms with Crippen molar-refractivity contribution in [3.63, 3.8) is 0 Å². The van der Waals surface area contributed by atoms with Gasteiger partial charge in [-0.3, -0.25) is 0 Å². The molecule has 156 valence electrons. The molecule has 29 heavy (non-hydrogen) atoms. The van der Waals surface area contributed by atoms with Gasteiger partial charge in [0.05, 0.1) is 6.61 Å². The maximum Gasteiger partial charge on any atom is 0.228 e. The number of benzene rings is 2. The van der Waals surface area contributed by atoms with Crippen LogP contribution in [0.2, 0.25) is 0 Å². The summed E-state index contributed by atoms with van der Waals surface area (Å²) in [6.07, 6.45) is -4.67. The quantitative estimate of drug-likeness (QED) is 0.405. The number of rotatable bonds is 3. The lowest BCUT2D eigenvalue weighted by molar-refractivity contribution is -0.242. The van der Waals surface area contributed by atoms with Crippen molar-refractivity contribution in [2.24, 2.45) is 0 Å². The van der Waals surface area contributed by atoms with Gasteiger partial charge in [0, 0.05) is 17.7 Å². The van der Waals surface area contributed by atoms with Gasteiger partial charge in [-0.15, -0.1) is 0 Å². The highest BCUT2D eigenvalue weighted by atomic mass is 16.7. The Morgan fingerprint density at radius 1 is 0.931 bits per heavy atom. The van der Waals surface area contributed by atoms with E-state index in [-0.39, 0.29) is 29.6 Å². The Labute approximate surface area is 166 Å². The molecular formula is C20H22O9. The lowest BCUT2D eigenvalue weighted by Gasteiger charge is -2.36. The highest BCUT2D eigenvalue weighted by Crippen LogP contribution is 2.43. The van der Waals surface area contributed by atoms with E-state index in [9.17, 15) is 30.6 Å². The summed E-state index contributed by atoms with van der Waals surface area (Å²) in [6.45, 7) is -0.202. The summed E-state index contributed by atoms with van der Waals surface area (Å²) in [6, 6.07) is 7.24. The van der Waals surface area contributed by atoms with Gasteiger partial charge < -0.3 is 44.8 Å². The van der Waals surface area contributed by atoms with Gasteiger partial charge in [-0.05, 0) is 30.5 Å². The van der Waals surface area contributed by atoms with E-state index >= 15 is 0 Å². The van der Waals surface area contributed by atoms with Crippen molar-refractivity contribution >= 4 is 0 Å². The molecule has 2 heterocycles. The minimum Gasteiger partial charge on any atom is -0.508 e. The third-order valence-electron chi connectivity index (χ3n) is 5.15. The Morgan fingerprint density at radius 2 is 1.72 bits per heavy atom. The van der Waals surface area contributed by atoms with E-state index in [0.717, 1.165) is 0 Å². The summed E-state index contributed by atoms with van der Waals surface area (Å²) in [5.74, 6) is 0.00539. The number of aliphatic hydroxyl groups excluding tert-OH is 3. The van der Waals surface area contributed by atoms with Gasteiger partial charge >= 0.3 is 0 Å². The average Bonchev–Trinajstić information content (AvgIpc) is 2.70. The molecule has 2 aliphatic heterocycles. The van der Waals surface area contributed by atoms with Crippen LogP contribution in [-0.2, 0) is 11.2 Å². The Hall–Kier alpha value is -2.72. The first-order chi connectivity index (χ1) is 13.8. The predicted octanol–water partition coefficient (Wildman–Crippen LogP) is 0.687. The van der Waals surface area contributed by atoms with Crippen molar-refractivity contribution in [1.82, 2.24) is 0 Å². The number of aromatic hydroxyl groups is 3. The largest absolute Gasteiger partial charge is 0.508 e. The second-order valence-corrected chi connectivity index (χ2v) is 7.18. The molecular weight excluding hydrogens is 384 g/mol. The molecule has 9 nitrogen and oxygen atoms in total. The van der Waals surface area contributed by atoms with Gasteiger partial charge in [0.2, 0.25) is 6.29 Å². The number of hydrogen-bond acceptors (Lipinski definition) is 9. The average molecular weight is 406 g/mol. The first-order valence-electron chi connectivity index (χ1n) is 9.20. The van der Waals surface area contributed by atoms with Crippen LogP contribution < -0.4 is 9.47 Å². The highest BCUT2D eigenvalue weighted by Gasteiger charge is 2.39. The van der Waals surface area contributed by atoms with Crippen molar-refractivity contribution in [1.29, 1.82) is 0 Å². The number of aliphatic hydroxyl groups is 3. The van der Waals surface area contributed by atoms with Crippen molar-refractivity contribution < 1.29 is 44.8 Å². The van der Waals surface area contributed by atoms with Crippen molar-refractivity contribution in [2.75, 3.05) is 6.61 Å². The molecule has 9 heteroatoms. The highest BCUT2D eigenvalue weighted by molar-refractivity contribution is 5.52. The fourth-order valence-electron chi connectivity index (χ4n) is 3.53. The monoisotopic (exact) mass is 406 g/mol. The van der Waals surface area contributed by atoms with Crippen LogP contribution in [0, 0.1) is 0 Å². The van der Waals surface area contributed by atoms with Crippen molar-refractivity contribution in [3.8, 4) is 28.7 Å². The van der Waals surface area contributed by atoms with Gasteiger partial charge in [0.25, 0.3) is 0 Å². The molecule has 2 aromatic rings. The normalized spacial score (nSPS) is 29.0. The molecule has 0 spiro atoms. The zero-order valence-electron chi connectivity index (χ0n) is 15.3. The maximum atomic E-state index is 10.1. The molecule has 4 rings (SSSR count). The minimum absolute atomic E-state index is 0.126. The zero-order valence-corrected chi connectivity index (χ0v) is 15.3. The van der Waals surface area contributed by atoms with E-state index < -0.39 is 30.7 Å². The number of phenolic OH excluding ortho intramolecular Hbond substituents is 3. The van der Waals surface area contributed by atoms with Crippen LogP contribution in [0.15, 0.2) is 30.3 Å². The molecule has 1 fully saturated rings. The molecule has 2 aliphatic rings. The molecule has 5 atom stereocenters. The summed E-state index contributed by atoms with van der Waals surface area (Å²) >= 11 is 0. The van der Waals surface area contributed by atoms with E-state index in [1.807, 2.05) is 0 Å². The first kappa shape index (κ1) is 19.6. The van der Waals surface area contributed by atoms with Gasteiger partial charge in [0.15, 0.2) is 11.5 Å². The van der Waals surface area contributed by atoms with Gasteiger partial charge in [-0.2, -0.15) is 0 Å². The summed E-state index contributed by atoms with van der Waals surface area (Å²) < 4.78 is 16.9. The van der Waals surface area contributed by atoms with E-state index in [4.69, 9.17) is 14.2 Å². The van der Waals surface area contributed by atoms with Gasteiger partial charge in [0.1, 0.15) is 41.7 Å². The molecule has 6 N–H and O–H groups in total. The first-order valence-corrected chi connectivity index (χ1v) is 9.20. The number of phenols is 3. The SMILES string of the molecule is Oc1cc(O[C@H]2OC[C@@H](O)[C@@H](O)[C@H]2O)c2c(c1)O[C@H](c1ccc(O)c(O)c1)CC2. The molecule has 1 saturated heterocycles. The van der Waals surface area contributed by atoms with Crippen LogP contribution in [0.25, 0.3) is 0 Å². The van der Waals surface area contributed by atoms with Gasteiger partial charge in [-0.1, -0.05) is 6.07 Å². The Balaban J connectivity index is 1.57. The van der Waals surface area contributed by atoms with Crippen molar-refractivity contribution in [2.45, 2.75) is 43.5 Å². The summed E-state index contributed by atoms with van der Waals surface area (Å²) in [5, 5.41) is 58.7. The van der Waals surface area contributed by atoms with Crippen LogP contribution in [0.4, 0.5) is 0 Å². The van der Waals surface area contributed by atoms with E-state index in [2.05, 4.69) is 0 Å². The number of ether oxygens (including phenoxy) is 3. The Kier molecular flexibility index (Phi) is 5.13. The predicted molar refractivity (Wildman–Crippen MR) is 98.0 cm³/mol. The Morgan fingerprint density at radius 3 is 2.48 bits per heavy atom. The topological polar surface area (TPSA) is 149 Å². The van der Waals surface area contributed by atoms with Crippen LogP contribution >= 0.6 is 0 Å². The second kappa shape index (κ2) is 7.60. The van der Waals surface area contributed by atoms with Crippen LogP contribution in [0.3, 0.4) is 0 Å². The fraction of sp³-hybridized carbons (Fsp3) is 0.400. The third-order valence-corrected chi connectivity index (χ3v) is 5.15. The molecule has 2 aromatic carbocycles. The molecule has 0 saturated carbocycles. The van der Waals surface area contributed by atoms with Crippen LogP contribution in [-0.4, -0.2) is 61.8 Å². The number of hydrogen-bond donors (Lipinski definition) is 6. The number of fused-ring (bicyclic) bond motifs is 1. The second-order valence-electron chi connectivity index (χ2n) is 7.18. The lowest BCUT2D eigenvalue weighted by atomic mass is 9.96. The summed E-state index contributed by atoms with van der Waals surface area (Å²) in [7, 11) is 0. The van der Waals surface area contributed by atoms with Crippen LogP contribution in [0.5, 0.6) is 28.7 Å². The standard InChI is InChI=1S/C20H22O9/c21-10-6-16-11(2-4-15(28-16)9-1-3-12(22)13(23)5-9)17(7-10)29-20-19(26)18(25)14(24)8-27-20/h1,3,5-7,14-15,18-26H,2,4,8H2/t14-,15+,18-,19-,20-/m1/s1. The summed E-state index contributed by atoms with van der Waals surface area (Å²) in [5.41, 5.74) is 1.32. The van der Waals surface area contributed by atoms with E-state index in [1.165, 1.54) is 24.3 Å². The third kappa shape index (κ3) is 3.77. The lowest BCUT2D eigenvalue weighted by Crippen LogP contribution is -2.54. The molecule has 0 amide bonds. The van der Waals surface area contributed by atoms with Crippen LogP contribution in [0.1, 0.15) is 23.7 Å². The minimum atomic E-state index is -1.46. The zero-order chi connectivity index (χ0) is 20.7. The maximum absolute atomic E-state index is 10.1. The smallest absolute Gasteiger partial charge is 0.228 e. The molecule has 0 unspecified atom stereocenters. The molecule has 0 radical (unpaired) electrons.